The van der Waals surface area contributed by atoms with Crippen LogP contribution in [0.2, 0.25) is 0 Å². The lowest BCUT2D eigenvalue weighted by Gasteiger charge is -2.24. The van der Waals surface area contributed by atoms with Crippen LogP contribution in [0.15, 0.2) is 24.3 Å². The molecule has 0 aromatic heterocycles. The fraction of sp³-hybridized carbons (Fsp3) is 0.600. The smallest absolute Gasteiger partial charge is 0.119 e. The minimum Gasteiger partial charge on any atom is -0.491 e. The molecule has 94 valence electrons. The van der Waals surface area contributed by atoms with Gasteiger partial charge in [0.1, 0.15) is 5.75 Å². The molecule has 1 atom stereocenters. The van der Waals surface area contributed by atoms with Gasteiger partial charge in [0.25, 0.3) is 0 Å². The van der Waals surface area contributed by atoms with Crippen LogP contribution in [0.1, 0.15) is 39.2 Å². The summed E-state index contributed by atoms with van der Waals surface area (Å²) in [6, 6.07) is 8.49. The number of ether oxygens (including phenoxy) is 1. The zero-order valence-electron chi connectivity index (χ0n) is 11.1. The van der Waals surface area contributed by atoms with Crippen LogP contribution in [0, 0.1) is 0 Å². The highest BCUT2D eigenvalue weighted by atomic mass is 16.5. The van der Waals surface area contributed by atoms with Gasteiger partial charge in [0, 0.05) is 5.54 Å². The molecule has 0 aliphatic carbocycles. The maximum absolute atomic E-state index is 5.73. The molecule has 1 aromatic carbocycles. The van der Waals surface area contributed by atoms with Crippen LogP contribution in [-0.4, -0.2) is 18.2 Å². The Morgan fingerprint density at radius 3 is 2.88 bits per heavy atom. The van der Waals surface area contributed by atoms with E-state index in [1.165, 1.54) is 18.4 Å². The van der Waals surface area contributed by atoms with E-state index in [9.17, 15) is 0 Å². The maximum atomic E-state index is 5.73. The SMILES string of the molecule is CC(C)Oc1cccc(CC2(C)CCCN2)c1. The molecule has 0 spiro atoms. The molecular formula is C15H23NO. The molecule has 1 N–H and O–H groups in total. The summed E-state index contributed by atoms with van der Waals surface area (Å²) in [5.74, 6) is 0.985. The van der Waals surface area contributed by atoms with Gasteiger partial charge in [-0.2, -0.15) is 0 Å². The van der Waals surface area contributed by atoms with Crippen LogP contribution in [0.4, 0.5) is 0 Å². The predicted molar refractivity (Wildman–Crippen MR) is 71.6 cm³/mol. The van der Waals surface area contributed by atoms with E-state index in [2.05, 4.69) is 44.3 Å². The molecule has 1 heterocycles. The molecule has 1 aliphatic rings. The van der Waals surface area contributed by atoms with Crippen LogP contribution in [0.5, 0.6) is 5.75 Å². The minimum atomic E-state index is 0.241. The first-order chi connectivity index (χ1) is 8.07. The summed E-state index contributed by atoms with van der Waals surface area (Å²) in [5, 5.41) is 3.60. The van der Waals surface area contributed by atoms with E-state index in [1.54, 1.807) is 0 Å². The van der Waals surface area contributed by atoms with E-state index in [1.807, 2.05) is 6.07 Å². The average molecular weight is 233 g/mol. The van der Waals surface area contributed by atoms with Crippen LogP contribution >= 0.6 is 0 Å². The van der Waals surface area contributed by atoms with Gasteiger partial charge in [-0.05, 0) is 64.3 Å². The largest absolute Gasteiger partial charge is 0.491 e. The van der Waals surface area contributed by atoms with Crippen LogP contribution < -0.4 is 10.1 Å². The molecule has 1 aliphatic heterocycles. The van der Waals surface area contributed by atoms with E-state index in [-0.39, 0.29) is 11.6 Å². The molecule has 0 bridgehead atoms. The van der Waals surface area contributed by atoms with Gasteiger partial charge < -0.3 is 10.1 Å². The number of rotatable bonds is 4. The van der Waals surface area contributed by atoms with Crippen molar-refractivity contribution in [3.8, 4) is 5.75 Å². The third kappa shape index (κ3) is 3.47. The summed E-state index contributed by atoms with van der Waals surface area (Å²) >= 11 is 0. The Morgan fingerprint density at radius 2 is 2.24 bits per heavy atom. The first-order valence-corrected chi connectivity index (χ1v) is 6.58. The molecule has 1 fully saturated rings. The molecular weight excluding hydrogens is 210 g/mol. The predicted octanol–water partition coefficient (Wildman–Crippen LogP) is 3.16. The van der Waals surface area contributed by atoms with Gasteiger partial charge in [-0.15, -0.1) is 0 Å². The first kappa shape index (κ1) is 12.4. The van der Waals surface area contributed by atoms with Gasteiger partial charge in [-0.3, -0.25) is 0 Å². The number of benzene rings is 1. The summed E-state index contributed by atoms with van der Waals surface area (Å²) < 4.78 is 5.73. The van der Waals surface area contributed by atoms with Gasteiger partial charge in [0.15, 0.2) is 0 Å². The summed E-state index contributed by atoms with van der Waals surface area (Å²) in [6.45, 7) is 7.59. The van der Waals surface area contributed by atoms with Gasteiger partial charge in [0.2, 0.25) is 0 Å². The van der Waals surface area contributed by atoms with E-state index >= 15 is 0 Å². The fourth-order valence-corrected chi connectivity index (χ4v) is 2.56. The second-order valence-corrected chi connectivity index (χ2v) is 5.58. The zero-order valence-corrected chi connectivity index (χ0v) is 11.1. The lowest BCUT2D eigenvalue weighted by Crippen LogP contribution is -2.38. The first-order valence-electron chi connectivity index (χ1n) is 6.58. The Morgan fingerprint density at radius 1 is 1.41 bits per heavy atom. The fourth-order valence-electron chi connectivity index (χ4n) is 2.56. The Labute approximate surface area is 104 Å². The monoisotopic (exact) mass is 233 g/mol. The van der Waals surface area contributed by atoms with Crippen molar-refractivity contribution in [3.63, 3.8) is 0 Å². The summed E-state index contributed by atoms with van der Waals surface area (Å²) in [5.41, 5.74) is 1.64. The number of nitrogens with one attached hydrogen (secondary N) is 1. The van der Waals surface area contributed by atoms with E-state index < -0.39 is 0 Å². The second-order valence-electron chi connectivity index (χ2n) is 5.58. The van der Waals surface area contributed by atoms with Gasteiger partial charge in [-0.25, -0.2) is 0 Å². The molecule has 2 heteroatoms. The second kappa shape index (κ2) is 5.09. The van der Waals surface area contributed by atoms with Gasteiger partial charge in [-0.1, -0.05) is 12.1 Å². The third-order valence-electron chi connectivity index (χ3n) is 3.32. The van der Waals surface area contributed by atoms with E-state index in [0.29, 0.717) is 0 Å². The normalized spacial score (nSPS) is 24.2. The van der Waals surface area contributed by atoms with Crippen molar-refractivity contribution in [1.29, 1.82) is 0 Å². The lowest BCUT2D eigenvalue weighted by atomic mass is 9.91. The van der Waals surface area contributed by atoms with Crippen molar-refractivity contribution in [2.24, 2.45) is 0 Å². The minimum absolute atomic E-state index is 0.241. The Bertz CT molecular complexity index is 367. The van der Waals surface area contributed by atoms with Crippen molar-refractivity contribution >= 4 is 0 Å². The zero-order chi connectivity index (χ0) is 12.3. The molecule has 1 unspecified atom stereocenters. The Balaban J connectivity index is 2.05. The number of hydrogen-bond acceptors (Lipinski definition) is 2. The quantitative estimate of drug-likeness (QED) is 0.862. The third-order valence-corrected chi connectivity index (χ3v) is 3.32. The summed E-state index contributed by atoms with van der Waals surface area (Å²) in [6.07, 6.45) is 3.88. The van der Waals surface area contributed by atoms with Crippen molar-refractivity contribution < 1.29 is 4.74 Å². The summed E-state index contributed by atoms with van der Waals surface area (Å²) in [4.78, 5) is 0. The molecule has 0 radical (unpaired) electrons. The molecule has 17 heavy (non-hydrogen) atoms. The number of hydrogen-bond donors (Lipinski definition) is 1. The van der Waals surface area contributed by atoms with Crippen molar-refractivity contribution in [3.05, 3.63) is 29.8 Å². The standard InChI is InChI=1S/C15H23NO/c1-12(2)17-14-7-4-6-13(10-14)11-15(3)8-5-9-16-15/h4,6-7,10,12,16H,5,8-9,11H2,1-3H3. The van der Waals surface area contributed by atoms with E-state index in [4.69, 9.17) is 4.74 Å². The van der Waals surface area contributed by atoms with Crippen LogP contribution in [0.3, 0.4) is 0 Å². The maximum Gasteiger partial charge on any atom is 0.119 e. The molecule has 0 amide bonds. The Hall–Kier alpha value is -1.02. The highest BCUT2D eigenvalue weighted by molar-refractivity contribution is 5.30. The van der Waals surface area contributed by atoms with E-state index in [0.717, 1.165) is 18.7 Å². The molecule has 2 nitrogen and oxygen atoms in total. The lowest BCUT2D eigenvalue weighted by molar-refractivity contribution is 0.242. The molecule has 2 rings (SSSR count). The van der Waals surface area contributed by atoms with Gasteiger partial charge >= 0.3 is 0 Å². The highest BCUT2D eigenvalue weighted by Gasteiger charge is 2.27. The van der Waals surface area contributed by atoms with Gasteiger partial charge in [0.05, 0.1) is 6.10 Å². The molecule has 0 saturated carbocycles. The average Bonchev–Trinajstić information content (AvgIpc) is 2.64. The summed E-state index contributed by atoms with van der Waals surface area (Å²) in [7, 11) is 0. The Kier molecular flexibility index (Phi) is 3.72. The van der Waals surface area contributed by atoms with Crippen LogP contribution in [-0.2, 0) is 6.42 Å². The van der Waals surface area contributed by atoms with Crippen molar-refractivity contribution in [2.45, 2.75) is 51.7 Å². The topological polar surface area (TPSA) is 21.3 Å². The van der Waals surface area contributed by atoms with Crippen molar-refractivity contribution in [1.82, 2.24) is 5.32 Å². The molecule has 1 aromatic rings. The van der Waals surface area contributed by atoms with Crippen LogP contribution in [0.25, 0.3) is 0 Å². The molecule has 1 saturated heterocycles. The van der Waals surface area contributed by atoms with Crippen molar-refractivity contribution in [2.75, 3.05) is 6.54 Å². The highest BCUT2D eigenvalue weighted by Crippen LogP contribution is 2.25.